The van der Waals surface area contributed by atoms with Crippen molar-refractivity contribution in [1.82, 2.24) is 9.62 Å². The van der Waals surface area contributed by atoms with E-state index in [0.29, 0.717) is 24.5 Å². The largest absolute Gasteiger partial charge is 0.316 e. The molecular weight excluding hydrogens is 272 g/mol. The normalized spacial score (nSPS) is 11.8. The minimum Gasteiger partial charge on any atom is -0.316 e. The van der Waals surface area contributed by atoms with Gasteiger partial charge in [-0.05, 0) is 44.2 Å². The van der Waals surface area contributed by atoms with Gasteiger partial charge in [-0.2, -0.15) is 4.31 Å². The number of sulfonamides is 1. The number of nitrogens with one attached hydrogen (secondary N) is 1. The van der Waals surface area contributed by atoms with Crippen LogP contribution >= 0.6 is 0 Å². The average molecular weight is 296 g/mol. The van der Waals surface area contributed by atoms with E-state index < -0.39 is 10.0 Å². The summed E-state index contributed by atoms with van der Waals surface area (Å²) in [5, 5.41) is 3.06. The number of hydrogen-bond donors (Lipinski definition) is 1. The summed E-state index contributed by atoms with van der Waals surface area (Å²) in [6.07, 6.45) is 0. The number of hydrogen-bond acceptors (Lipinski definition) is 3. The Balaban J connectivity index is 3.20. The molecule has 1 aromatic rings. The first kappa shape index (κ1) is 16.9. The fraction of sp³-hybridized carbons (Fsp3) is 0.467. The lowest BCUT2D eigenvalue weighted by molar-refractivity contribution is 0.452. The van der Waals surface area contributed by atoms with Gasteiger partial charge in [-0.1, -0.05) is 25.1 Å². The second-order valence-corrected chi connectivity index (χ2v) is 6.94. The average Bonchev–Trinajstić information content (AvgIpc) is 2.38. The summed E-state index contributed by atoms with van der Waals surface area (Å²) < 4.78 is 26.7. The van der Waals surface area contributed by atoms with Crippen molar-refractivity contribution in [2.75, 3.05) is 20.1 Å². The zero-order chi connectivity index (χ0) is 15.3. The van der Waals surface area contributed by atoms with E-state index in [1.807, 2.05) is 33.9 Å². The number of benzene rings is 1. The Hall–Kier alpha value is -1.17. The fourth-order valence-corrected chi connectivity index (χ4v) is 3.57. The number of likely N-dealkylation sites (N-methyl/N-ethyl adjacent to an activating group) is 1. The van der Waals surface area contributed by atoms with E-state index in [4.69, 9.17) is 0 Å². The van der Waals surface area contributed by atoms with Gasteiger partial charge in [0.15, 0.2) is 0 Å². The molecule has 1 rings (SSSR count). The van der Waals surface area contributed by atoms with Gasteiger partial charge in [0.25, 0.3) is 0 Å². The predicted molar refractivity (Wildman–Crippen MR) is 83.2 cm³/mol. The predicted octanol–water partition coefficient (Wildman–Crippen LogP) is 2.30. The highest BCUT2D eigenvalue weighted by atomic mass is 32.2. The third kappa shape index (κ3) is 3.91. The molecular formula is C15H24N2O2S. The second-order valence-electron chi connectivity index (χ2n) is 5.01. The van der Waals surface area contributed by atoms with Gasteiger partial charge in [0.1, 0.15) is 0 Å². The van der Waals surface area contributed by atoms with E-state index in [1.54, 1.807) is 12.1 Å². The van der Waals surface area contributed by atoms with Crippen molar-refractivity contribution in [3.63, 3.8) is 0 Å². The van der Waals surface area contributed by atoms with E-state index in [-0.39, 0.29) is 0 Å². The van der Waals surface area contributed by atoms with Crippen LogP contribution in [-0.4, -0.2) is 32.9 Å². The lowest BCUT2D eigenvalue weighted by Crippen LogP contribution is -2.32. The highest BCUT2D eigenvalue weighted by Crippen LogP contribution is 2.20. The van der Waals surface area contributed by atoms with Gasteiger partial charge >= 0.3 is 0 Å². The van der Waals surface area contributed by atoms with Crippen LogP contribution in [0.2, 0.25) is 0 Å². The Kier molecular flexibility index (Phi) is 5.92. The highest BCUT2D eigenvalue weighted by Gasteiger charge is 2.23. The Morgan fingerprint density at radius 2 is 2.05 bits per heavy atom. The fourth-order valence-electron chi connectivity index (χ4n) is 2.01. The molecule has 0 atom stereocenters. The Morgan fingerprint density at radius 3 is 2.55 bits per heavy atom. The van der Waals surface area contributed by atoms with Crippen molar-refractivity contribution < 1.29 is 8.42 Å². The molecule has 0 saturated carbocycles. The third-order valence-corrected chi connectivity index (χ3v) is 5.04. The molecule has 20 heavy (non-hydrogen) atoms. The summed E-state index contributed by atoms with van der Waals surface area (Å²) in [4.78, 5) is 0.344. The number of nitrogens with zero attached hydrogens (tertiary/aromatic N) is 1. The molecule has 0 radical (unpaired) electrons. The van der Waals surface area contributed by atoms with Gasteiger partial charge in [0.05, 0.1) is 4.90 Å². The third-order valence-electron chi connectivity index (χ3n) is 3.12. The van der Waals surface area contributed by atoms with Gasteiger partial charge in [-0.3, -0.25) is 0 Å². The molecule has 5 heteroatoms. The lowest BCUT2D eigenvalue weighted by atomic mass is 10.1. The molecule has 0 spiro atoms. The lowest BCUT2D eigenvalue weighted by Gasteiger charge is -2.21. The number of aryl methyl sites for hydroxylation is 1. The van der Waals surface area contributed by atoms with Crippen LogP contribution in [0.3, 0.4) is 0 Å². The molecule has 0 amide bonds. The molecule has 0 fully saturated rings. The molecule has 0 unspecified atom stereocenters. The molecule has 0 aliphatic heterocycles. The van der Waals surface area contributed by atoms with E-state index >= 15 is 0 Å². The number of rotatable bonds is 7. The van der Waals surface area contributed by atoms with Crippen LogP contribution in [0.25, 0.3) is 0 Å². The molecule has 0 saturated heterocycles. The summed E-state index contributed by atoms with van der Waals surface area (Å²) in [6.45, 7) is 10.9. The second kappa shape index (κ2) is 7.02. The Morgan fingerprint density at radius 1 is 1.40 bits per heavy atom. The van der Waals surface area contributed by atoms with Crippen LogP contribution in [0.4, 0.5) is 0 Å². The van der Waals surface area contributed by atoms with Crippen LogP contribution in [-0.2, 0) is 16.6 Å². The van der Waals surface area contributed by atoms with Crippen molar-refractivity contribution in [2.24, 2.45) is 0 Å². The summed E-state index contributed by atoms with van der Waals surface area (Å²) in [6, 6.07) is 5.28. The molecule has 0 heterocycles. The first-order valence-corrected chi connectivity index (χ1v) is 8.15. The van der Waals surface area contributed by atoms with Crippen molar-refractivity contribution in [3.8, 4) is 0 Å². The Labute approximate surface area is 122 Å². The SMILES string of the molecule is C=C(C)CN(CC)S(=O)(=O)c1ccc(C)c(CNC)c1. The summed E-state index contributed by atoms with van der Waals surface area (Å²) in [7, 11) is -1.61. The molecule has 0 aliphatic rings. The smallest absolute Gasteiger partial charge is 0.243 e. The van der Waals surface area contributed by atoms with Crippen LogP contribution < -0.4 is 5.32 Å². The van der Waals surface area contributed by atoms with E-state index in [0.717, 1.165) is 16.7 Å². The maximum atomic E-state index is 12.6. The first-order valence-electron chi connectivity index (χ1n) is 6.71. The summed E-state index contributed by atoms with van der Waals surface area (Å²) in [5.74, 6) is 0. The van der Waals surface area contributed by atoms with Gasteiger partial charge in [0, 0.05) is 19.6 Å². The van der Waals surface area contributed by atoms with E-state index in [2.05, 4.69) is 11.9 Å². The summed E-state index contributed by atoms with van der Waals surface area (Å²) in [5.41, 5.74) is 2.92. The molecule has 0 aromatic heterocycles. The molecule has 4 nitrogen and oxygen atoms in total. The Bertz CT molecular complexity index is 580. The van der Waals surface area contributed by atoms with Gasteiger partial charge in [-0.15, -0.1) is 0 Å². The summed E-state index contributed by atoms with van der Waals surface area (Å²) >= 11 is 0. The van der Waals surface area contributed by atoms with Crippen molar-refractivity contribution in [3.05, 3.63) is 41.5 Å². The molecule has 1 N–H and O–H groups in total. The standard InChI is InChI=1S/C15H24N2O2S/c1-6-17(11-12(2)3)20(18,19)15-8-7-13(4)14(9-15)10-16-5/h7-9,16H,2,6,10-11H2,1,3-5H3. The van der Waals surface area contributed by atoms with Crippen LogP contribution in [0, 0.1) is 6.92 Å². The minimum absolute atomic E-state index is 0.344. The monoisotopic (exact) mass is 296 g/mol. The van der Waals surface area contributed by atoms with Gasteiger partial charge in [0.2, 0.25) is 10.0 Å². The maximum absolute atomic E-state index is 12.6. The molecule has 0 aliphatic carbocycles. The van der Waals surface area contributed by atoms with Gasteiger partial charge < -0.3 is 5.32 Å². The zero-order valence-corrected chi connectivity index (χ0v) is 13.5. The van der Waals surface area contributed by atoms with Crippen LogP contribution in [0.5, 0.6) is 0 Å². The topological polar surface area (TPSA) is 49.4 Å². The first-order chi connectivity index (χ1) is 9.32. The van der Waals surface area contributed by atoms with Crippen LogP contribution in [0.1, 0.15) is 25.0 Å². The van der Waals surface area contributed by atoms with E-state index in [1.165, 1.54) is 4.31 Å². The minimum atomic E-state index is -3.46. The van der Waals surface area contributed by atoms with Gasteiger partial charge in [-0.25, -0.2) is 8.42 Å². The van der Waals surface area contributed by atoms with E-state index in [9.17, 15) is 8.42 Å². The highest BCUT2D eigenvalue weighted by molar-refractivity contribution is 7.89. The quantitative estimate of drug-likeness (QED) is 0.786. The molecule has 1 aromatic carbocycles. The zero-order valence-electron chi connectivity index (χ0n) is 12.7. The maximum Gasteiger partial charge on any atom is 0.243 e. The molecule has 0 bridgehead atoms. The van der Waals surface area contributed by atoms with Crippen molar-refractivity contribution >= 4 is 10.0 Å². The van der Waals surface area contributed by atoms with Crippen LogP contribution in [0.15, 0.2) is 35.2 Å². The van der Waals surface area contributed by atoms with Crippen molar-refractivity contribution in [1.29, 1.82) is 0 Å². The van der Waals surface area contributed by atoms with Crippen molar-refractivity contribution in [2.45, 2.75) is 32.2 Å². The molecule has 112 valence electrons.